The minimum Gasteiger partial charge on any atom is -0.334 e. The Kier molecular flexibility index (Phi) is 8.35. The zero-order chi connectivity index (χ0) is 27.4. The van der Waals surface area contributed by atoms with Crippen LogP contribution in [0.2, 0.25) is 10.0 Å². The van der Waals surface area contributed by atoms with Gasteiger partial charge in [-0.1, -0.05) is 82.6 Å². The summed E-state index contributed by atoms with van der Waals surface area (Å²) in [5, 5.41) is 9.12. The van der Waals surface area contributed by atoms with E-state index in [1.54, 1.807) is 24.3 Å². The number of carbonyl (C=O) groups excluding carboxylic acids is 1. The molecule has 0 spiro atoms. The van der Waals surface area contributed by atoms with Crippen LogP contribution < -0.4 is 5.32 Å². The highest BCUT2D eigenvalue weighted by Gasteiger charge is 2.33. The molecule has 1 aliphatic heterocycles. The maximum Gasteiger partial charge on any atom is 0.258 e. The normalized spacial score (nSPS) is 15.3. The third-order valence-electron chi connectivity index (χ3n) is 6.19. The Morgan fingerprint density at radius 1 is 1.00 bits per heavy atom. The van der Waals surface area contributed by atoms with Gasteiger partial charge in [0.25, 0.3) is 5.89 Å². The van der Waals surface area contributed by atoms with Crippen molar-refractivity contribution in [3.05, 3.63) is 106 Å². The summed E-state index contributed by atoms with van der Waals surface area (Å²) in [6, 6.07) is 23.8. The Morgan fingerprint density at radius 2 is 1.67 bits per heavy atom. The van der Waals surface area contributed by atoms with E-state index >= 15 is 0 Å². The van der Waals surface area contributed by atoms with Crippen LogP contribution in [0.5, 0.6) is 0 Å². The number of benzene rings is 3. The van der Waals surface area contributed by atoms with E-state index in [0.717, 1.165) is 27.6 Å². The summed E-state index contributed by atoms with van der Waals surface area (Å²) in [5.41, 5.74) is 4.21. The summed E-state index contributed by atoms with van der Waals surface area (Å²) >= 11 is 13.5. The van der Waals surface area contributed by atoms with Crippen molar-refractivity contribution in [3.63, 3.8) is 0 Å². The Labute approximate surface area is 240 Å². The predicted octanol–water partition coefficient (Wildman–Crippen LogP) is 7.58. The molecule has 10 heteroatoms. The maximum absolute atomic E-state index is 12.7. The van der Waals surface area contributed by atoms with Gasteiger partial charge >= 0.3 is 0 Å². The highest BCUT2D eigenvalue weighted by atomic mass is 35.5. The van der Waals surface area contributed by atoms with Gasteiger partial charge in [0.1, 0.15) is 6.04 Å². The summed E-state index contributed by atoms with van der Waals surface area (Å²) in [7, 11) is 0. The summed E-state index contributed by atoms with van der Waals surface area (Å²) < 4.78 is 5.78. The fourth-order valence-electron chi connectivity index (χ4n) is 4.27. The van der Waals surface area contributed by atoms with Crippen LogP contribution in [-0.2, 0) is 4.79 Å². The lowest BCUT2D eigenvalue weighted by atomic mass is 9.96. The molecule has 0 bridgehead atoms. The number of rotatable bonds is 7. The van der Waals surface area contributed by atoms with E-state index < -0.39 is 6.04 Å². The molecular formula is C29H25Cl2N5O2S. The van der Waals surface area contributed by atoms with Crippen LogP contribution in [-0.4, -0.2) is 38.4 Å². The molecule has 0 unspecified atom stereocenters. The van der Waals surface area contributed by atoms with Crippen LogP contribution in [0.1, 0.15) is 31.3 Å². The van der Waals surface area contributed by atoms with Crippen LogP contribution in [0.25, 0.3) is 17.0 Å². The van der Waals surface area contributed by atoms with Gasteiger partial charge in [0.05, 0.1) is 11.3 Å². The molecule has 0 saturated carbocycles. The molecule has 0 saturated heterocycles. The zero-order valence-electron chi connectivity index (χ0n) is 21.3. The van der Waals surface area contributed by atoms with Gasteiger partial charge in [0.15, 0.2) is 5.17 Å². The average Bonchev–Trinajstić information content (AvgIpc) is 3.43. The molecule has 2 heterocycles. The van der Waals surface area contributed by atoms with Crippen molar-refractivity contribution in [2.45, 2.75) is 19.9 Å². The van der Waals surface area contributed by atoms with E-state index in [4.69, 9.17) is 37.7 Å². The fourth-order valence-corrected chi connectivity index (χ4v) is 5.46. The summed E-state index contributed by atoms with van der Waals surface area (Å²) in [6.45, 7) is 4.70. The predicted molar refractivity (Wildman–Crippen MR) is 159 cm³/mol. The molecule has 198 valence electrons. The monoisotopic (exact) mass is 577 g/mol. The number of amidine groups is 1. The van der Waals surface area contributed by atoms with Crippen molar-refractivity contribution in [1.29, 1.82) is 0 Å². The van der Waals surface area contributed by atoms with Crippen molar-refractivity contribution in [1.82, 2.24) is 15.0 Å². The second-order valence-electron chi connectivity index (χ2n) is 8.74. The highest BCUT2D eigenvalue weighted by Crippen LogP contribution is 2.41. The van der Waals surface area contributed by atoms with Crippen molar-refractivity contribution in [2.75, 3.05) is 17.6 Å². The van der Waals surface area contributed by atoms with Crippen molar-refractivity contribution in [3.8, 4) is 11.4 Å². The van der Waals surface area contributed by atoms with E-state index in [2.05, 4.69) is 15.4 Å². The van der Waals surface area contributed by atoms with Gasteiger partial charge in [-0.05, 0) is 55.8 Å². The lowest BCUT2D eigenvalue weighted by Gasteiger charge is -2.33. The standard InChI is InChI=1S/C29H25Cl2N5O2S/c1-3-36-18(2)25(28-34-27(35-38-28)20-7-5-4-6-8-20)26(19-9-11-21(30)12-10-19)33-29(36)39-17-24(37)32-23-15-13-22(31)14-16-23/h4-16,26H,3,17H2,1-2H3,(H,32,37)/t26-/m0/s1. The van der Waals surface area contributed by atoms with Crippen molar-refractivity contribution >= 4 is 57.3 Å². The number of hydrogen-bond donors (Lipinski definition) is 1. The molecule has 7 nitrogen and oxygen atoms in total. The quantitative estimate of drug-likeness (QED) is 0.243. The van der Waals surface area contributed by atoms with E-state index in [1.807, 2.05) is 68.4 Å². The van der Waals surface area contributed by atoms with Gasteiger partial charge in [-0.3, -0.25) is 4.79 Å². The summed E-state index contributed by atoms with van der Waals surface area (Å²) in [4.78, 5) is 24.6. The molecule has 3 aromatic carbocycles. The number of thioether (sulfide) groups is 1. The molecule has 0 fully saturated rings. The van der Waals surface area contributed by atoms with Gasteiger partial charge in [0.2, 0.25) is 11.7 Å². The van der Waals surface area contributed by atoms with Gasteiger partial charge in [-0.25, -0.2) is 4.99 Å². The number of aliphatic imine (C=N–C) groups is 1. The molecule has 1 aromatic heterocycles. The fraction of sp³-hybridized carbons (Fsp3) is 0.172. The topological polar surface area (TPSA) is 83.6 Å². The van der Waals surface area contributed by atoms with Gasteiger partial charge in [-0.15, -0.1) is 0 Å². The number of halogens is 2. The third kappa shape index (κ3) is 6.19. The molecule has 1 atom stereocenters. The molecular weight excluding hydrogens is 553 g/mol. The minimum absolute atomic E-state index is 0.138. The number of aromatic nitrogens is 2. The Hall–Kier alpha value is -3.59. The smallest absolute Gasteiger partial charge is 0.258 e. The SMILES string of the molecule is CCN1C(SCC(=O)Nc2ccc(Cl)cc2)=N[C@@H](c2ccc(Cl)cc2)C(c2nc(-c3ccccc3)no2)=C1C. The lowest BCUT2D eigenvalue weighted by Crippen LogP contribution is -2.33. The first-order valence-corrected chi connectivity index (χ1v) is 14.1. The Bertz CT molecular complexity index is 1520. The minimum atomic E-state index is -0.420. The summed E-state index contributed by atoms with van der Waals surface area (Å²) in [6.07, 6.45) is 0. The van der Waals surface area contributed by atoms with E-state index in [-0.39, 0.29) is 11.7 Å². The number of hydrogen-bond acceptors (Lipinski definition) is 7. The van der Waals surface area contributed by atoms with Crippen LogP contribution in [0.15, 0.2) is 94.1 Å². The van der Waals surface area contributed by atoms with Gasteiger partial charge in [-0.2, -0.15) is 4.98 Å². The molecule has 4 aromatic rings. The first-order chi connectivity index (χ1) is 18.9. The Balaban J connectivity index is 1.45. The molecule has 1 amide bonds. The number of allylic oxidation sites excluding steroid dienone is 1. The van der Waals surface area contributed by atoms with Gasteiger partial charge in [0, 0.05) is 33.5 Å². The second kappa shape index (κ2) is 12.1. The first kappa shape index (κ1) is 27.0. The van der Waals surface area contributed by atoms with Gasteiger partial charge < -0.3 is 14.7 Å². The first-order valence-electron chi connectivity index (χ1n) is 12.3. The molecule has 39 heavy (non-hydrogen) atoms. The average molecular weight is 579 g/mol. The molecule has 0 radical (unpaired) electrons. The highest BCUT2D eigenvalue weighted by molar-refractivity contribution is 8.14. The summed E-state index contributed by atoms with van der Waals surface area (Å²) in [5.74, 6) is 0.956. The number of carbonyl (C=O) groups is 1. The second-order valence-corrected chi connectivity index (χ2v) is 10.6. The van der Waals surface area contributed by atoms with E-state index in [1.165, 1.54) is 11.8 Å². The molecule has 1 N–H and O–H groups in total. The largest absolute Gasteiger partial charge is 0.334 e. The molecule has 5 rings (SSSR count). The zero-order valence-corrected chi connectivity index (χ0v) is 23.6. The number of amides is 1. The van der Waals surface area contributed by atoms with Crippen molar-refractivity contribution in [2.24, 2.45) is 4.99 Å². The van der Waals surface area contributed by atoms with Crippen molar-refractivity contribution < 1.29 is 9.32 Å². The molecule has 1 aliphatic rings. The van der Waals surface area contributed by atoms with Crippen LogP contribution in [0.3, 0.4) is 0 Å². The number of nitrogens with one attached hydrogen (secondary N) is 1. The van der Waals surface area contributed by atoms with E-state index in [0.29, 0.717) is 34.0 Å². The molecule has 0 aliphatic carbocycles. The van der Waals surface area contributed by atoms with Crippen LogP contribution >= 0.6 is 35.0 Å². The maximum atomic E-state index is 12.7. The Morgan fingerprint density at radius 3 is 2.33 bits per heavy atom. The van der Waals surface area contributed by atoms with Crippen LogP contribution in [0, 0.1) is 0 Å². The number of anilines is 1. The third-order valence-corrected chi connectivity index (χ3v) is 7.68. The lowest BCUT2D eigenvalue weighted by molar-refractivity contribution is -0.113. The van der Waals surface area contributed by atoms with E-state index in [9.17, 15) is 4.79 Å². The van der Waals surface area contributed by atoms with Crippen LogP contribution in [0.4, 0.5) is 5.69 Å². The number of nitrogens with zero attached hydrogens (tertiary/aromatic N) is 4.